The van der Waals surface area contributed by atoms with Crippen LogP contribution < -0.4 is 5.32 Å². The van der Waals surface area contributed by atoms with Crippen LogP contribution in [0.1, 0.15) is 37.0 Å². The van der Waals surface area contributed by atoms with Crippen molar-refractivity contribution in [2.75, 3.05) is 11.9 Å². The van der Waals surface area contributed by atoms with Crippen LogP contribution in [-0.2, 0) is 23.1 Å². The number of fused-ring (bicyclic) bond motifs is 4. The standard InChI is InChI=1S/C21H21N3O/c1-21(2)17-11-16(14-7-4-10-24-18(14)8-9-23-24)13-5-3-6-15(13)20(17)22-12-19(21)25/h4,7-11,22H,3,5-6,12H2,1-2H3. The van der Waals surface area contributed by atoms with Gasteiger partial charge in [0.1, 0.15) is 0 Å². The van der Waals surface area contributed by atoms with Gasteiger partial charge >= 0.3 is 0 Å². The van der Waals surface area contributed by atoms with E-state index in [1.807, 2.05) is 23.0 Å². The highest BCUT2D eigenvalue weighted by Gasteiger charge is 2.38. The van der Waals surface area contributed by atoms with Gasteiger partial charge in [0.2, 0.25) is 0 Å². The molecule has 0 unspecified atom stereocenters. The van der Waals surface area contributed by atoms with Crippen LogP contribution in [0, 0.1) is 0 Å². The molecule has 1 aliphatic carbocycles. The first-order valence-corrected chi connectivity index (χ1v) is 8.96. The highest BCUT2D eigenvalue weighted by molar-refractivity contribution is 5.99. The van der Waals surface area contributed by atoms with Gasteiger partial charge in [-0.05, 0) is 73.6 Å². The number of benzene rings is 1. The van der Waals surface area contributed by atoms with Crippen molar-refractivity contribution in [3.05, 3.63) is 53.3 Å². The number of Topliss-reactive ketones (excluding diaryl/α,β-unsaturated/α-hetero) is 1. The summed E-state index contributed by atoms with van der Waals surface area (Å²) in [6.07, 6.45) is 7.19. The van der Waals surface area contributed by atoms with Crippen molar-refractivity contribution in [3.63, 3.8) is 0 Å². The topological polar surface area (TPSA) is 46.4 Å². The summed E-state index contributed by atoms with van der Waals surface area (Å²) in [5.41, 5.74) is 8.34. The molecule has 1 N–H and O–H groups in total. The zero-order valence-corrected chi connectivity index (χ0v) is 14.6. The second kappa shape index (κ2) is 4.94. The molecule has 0 saturated carbocycles. The maximum absolute atomic E-state index is 12.5. The number of ketones is 1. The molecule has 4 heteroatoms. The molecule has 0 atom stereocenters. The maximum atomic E-state index is 12.5. The van der Waals surface area contributed by atoms with Crippen molar-refractivity contribution in [1.29, 1.82) is 0 Å². The zero-order valence-electron chi connectivity index (χ0n) is 14.6. The molecule has 25 heavy (non-hydrogen) atoms. The summed E-state index contributed by atoms with van der Waals surface area (Å²) in [7, 11) is 0. The van der Waals surface area contributed by atoms with E-state index in [-0.39, 0.29) is 5.78 Å². The smallest absolute Gasteiger partial charge is 0.161 e. The van der Waals surface area contributed by atoms with E-state index in [9.17, 15) is 4.79 Å². The Morgan fingerprint density at radius 2 is 2.00 bits per heavy atom. The van der Waals surface area contributed by atoms with Gasteiger partial charge in [0.25, 0.3) is 0 Å². The molecule has 0 radical (unpaired) electrons. The number of carbonyl (C=O) groups is 1. The second-order valence-electron chi connectivity index (χ2n) is 7.64. The summed E-state index contributed by atoms with van der Waals surface area (Å²) in [5, 5.41) is 7.79. The minimum Gasteiger partial charge on any atom is -0.377 e. The minimum atomic E-state index is -0.446. The fourth-order valence-electron chi connectivity index (χ4n) is 4.44. The molecule has 3 aromatic rings. The summed E-state index contributed by atoms with van der Waals surface area (Å²) in [6, 6.07) is 8.53. The van der Waals surface area contributed by atoms with Crippen LogP contribution in [0.5, 0.6) is 0 Å². The van der Waals surface area contributed by atoms with Crippen LogP contribution in [-0.4, -0.2) is 21.9 Å². The van der Waals surface area contributed by atoms with Crippen molar-refractivity contribution in [2.45, 2.75) is 38.5 Å². The van der Waals surface area contributed by atoms with Crippen LogP contribution in [0.4, 0.5) is 5.69 Å². The van der Waals surface area contributed by atoms with Gasteiger partial charge in [-0.25, -0.2) is 4.52 Å². The molecule has 4 nitrogen and oxygen atoms in total. The van der Waals surface area contributed by atoms with Crippen molar-refractivity contribution in [1.82, 2.24) is 9.61 Å². The Bertz CT molecular complexity index is 1030. The van der Waals surface area contributed by atoms with Crippen molar-refractivity contribution < 1.29 is 4.79 Å². The largest absolute Gasteiger partial charge is 0.377 e. The Balaban J connectivity index is 1.85. The molecule has 1 aliphatic heterocycles. The Kier molecular flexibility index (Phi) is 2.91. The number of hydrogen-bond donors (Lipinski definition) is 1. The van der Waals surface area contributed by atoms with Crippen LogP contribution in [0.15, 0.2) is 36.7 Å². The first kappa shape index (κ1) is 14.7. The molecule has 3 heterocycles. The third-order valence-electron chi connectivity index (χ3n) is 5.93. The molecule has 0 amide bonds. The van der Waals surface area contributed by atoms with E-state index < -0.39 is 5.41 Å². The molecule has 0 saturated heterocycles. The lowest BCUT2D eigenvalue weighted by Crippen LogP contribution is -2.39. The van der Waals surface area contributed by atoms with Gasteiger partial charge in [0.05, 0.1) is 17.5 Å². The van der Waals surface area contributed by atoms with Gasteiger partial charge in [-0.3, -0.25) is 4.79 Å². The molecule has 5 rings (SSSR count). The highest BCUT2D eigenvalue weighted by atomic mass is 16.1. The van der Waals surface area contributed by atoms with E-state index in [2.05, 4.69) is 42.5 Å². The first-order valence-electron chi connectivity index (χ1n) is 8.96. The third-order valence-corrected chi connectivity index (χ3v) is 5.93. The van der Waals surface area contributed by atoms with E-state index in [1.165, 1.54) is 34.4 Å². The summed E-state index contributed by atoms with van der Waals surface area (Å²) in [6.45, 7) is 4.54. The van der Waals surface area contributed by atoms with Crippen LogP contribution in [0.25, 0.3) is 16.6 Å². The maximum Gasteiger partial charge on any atom is 0.161 e. The van der Waals surface area contributed by atoms with Gasteiger partial charge < -0.3 is 5.32 Å². The Morgan fingerprint density at radius 1 is 1.16 bits per heavy atom. The molecule has 2 aromatic heterocycles. The lowest BCUT2D eigenvalue weighted by molar-refractivity contribution is -0.122. The van der Waals surface area contributed by atoms with Crippen LogP contribution in [0.2, 0.25) is 0 Å². The molecule has 1 aromatic carbocycles. The number of carbonyl (C=O) groups excluding carboxylic acids is 1. The number of nitrogens with one attached hydrogen (secondary N) is 1. The lowest BCUT2D eigenvalue weighted by Gasteiger charge is -2.34. The Morgan fingerprint density at radius 3 is 2.88 bits per heavy atom. The van der Waals surface area contributed by atoms with E-state index in [0.717, 1.165) is 23.9 Å². The average molecular weight is 331 g/mol. The van der Waals surface area contributed by atoms with E-state index >= 15 is 0 Å². The number of pyridine rings is 1. The third kappa shape index (κ3) is 1.94. The second-order valence-corrected chi connectivity index (χ2v) is 7.64. The van der Waals surface area contributed by atoms with Crippen molar-refractivity contribution in [2.24, 2.45) is 0 Å². The SMILES string of the molecule is CC1(C)C(=O)CNc2c1cc(-c1cccn3nccc13)c1c2CCC1. The highest BCUT2D eigenvalue weighted by Crippen LogP contribution is 2.45. The van der Waals surface area contributed by atoms with Crippen molar-refractivity contribution >= 4 is 17.0 Å². The molecule has 0 bridgehead atoms. The molecular weight excluding hydrogens is 310 g/mol. The fourth-order valence-corrected chi connectivity index (χ4v) is 4.44. The van der Waals surface area contributed by atoms with Crippen molar-refractivity contribution in [3.8, 4) is 11.1 Å². The predicted octanol–water partition coefficient (Wildman–Crippen LogP) is 3.76. The number of rotatable bonds is 1. The Hall–Kier alpha value is -2.62. The lowest BCUT2D eigenvalue weighted by atomic mass is 9.74. The number of aromatic nitrogens is 2. The molecule has 0 spiro atoms. The quantitative estimate of drug-likeness (QED) is 0.738. The number of hydrogen-bond acceptors (Lipinski definition) is 3. The van der Waals surface area contributed by atoms with Crippen LogP contribution >= 0.6 is 0 Å². The number of nitrogens with zero attached hydrogens (tertiary/aromatic N) is 2. The van der Waals surface area contributed by atoms with E-state index in [1.54, 1.807) is 0 Å². The van der Waals surface area contributed by atoms with Gasteiger partial charge in [-0.2, -0.15) is 5.10 Å². The number of anilines is 1. The van der Waals surface area contributed by atoms with Crippen LogP contribution in [0.3, 0.4) is 0 Å². The van der Waals surface area contributed by atoms with Gasteiger partial charge in [-0.15, -0.1) is 0 Å². The summed E-state index contributed by atoms with van der Waals surface area (Å²) in [5.74, 6) is 0.256. The summed E-state index contributed by atoms with van der Waals surface area (Å²) in [4.78, 5) is 12.5. The monoisotopic (exact) mass is 331 g/mol. The first-order chi connectivity index (χ1) is 12.1. The van der Waals surface area contributed by atoms with Gasteiger partial charge in [0.15, 0.2) is 5.78 Å². The predicted molar refractivity (Wildman–Crippen MR) is 99.2 cm³/mol. The minimum absolute atomic E-state index is 0.256. The van der Waals surface area contributed by atoms with E-state index in [4.69, 9.17) is 0 Å². The molecule has 0 fully saturated rings. The Labute approximate surface area is 146 Å². The fraction of sp³-hybridized carbons (Fsp3) is 0.333. The normalized spacial score (nSPS) is 18.1. The van der Waals surface area contributed by atoms with E-state index in [0.29, 0.717) is 6.54 Å². The summed E-state index contributed by atoms with van der Waals surface area (Å²) < 4.78 is 1.92. The molecular formula is C21H21N3O. The summed E-state index contributed by atoms with van der Waals surface area (Å²) >= 11 is 0. The van der Waals surface area contributed by atoms with Gasteiger partial charge in [-0.1, -0.05) is 6.07 Å². The molecule has 126 valence electrons. The average Bonchev–Trinajstić information content (AvgIpc) is 3.26. The molecule has 2 aliphatic rings. The zero-order chi connectivity index (χ0) is 17.2. The van der Waals surface area contributed by atoms with Gasteiger partial charge in [0, 0.05) is 23.6 Å².